The van der Waals surface area contributed by atoms with Crippen molar-refractivity contribution in [2.75, 3.05) is 12.4 Å². The monoisotopic (exact) mass is 254 g/mol. The van der Waals surface area contributed by atoms with Gasteiger partial charge in [0.05, 0.1) is 6.67 Å². The van der Waals surface area contributed by atoms with Gasteiger partial charge in [-0.2, -0.15) is 0 Å². The number of alkyl halides is 1. The Morgan fingerprint density at radius 1 is 1.00 bits per heavy atom. The highest BCUT2D eigenvalue weighted by atomic mass is 32.2. The molecule has 1 rings (SSSR count). The summed E-state index contributed by atoms with van der Waals surface area (Å²) in [5.74, 6) is 0.864. The van der Waals surface area contributed by atoms with Gasteiger partial charge in [-0.1, -0.05) is 61.4 Å². The van der Waals surface area contributed by atoms with Crippen LogP contribution in [0.3, 0.4) is 0 Å². The molecule has 0 atom stereocenters. The fourth-order valence-corrected chi connectivity index (χ4v) is 2.39. The molecule has 0 aromatic heterocycles. The number of halogens is 1. The summed E-state index contributed by atoms with van der Waals surface area (Å²) in [6.07, 6.45) is 4.85. The Morgan fingerprint density at radius 3 is 2.35 bits per heavy atom. The van der Waals surface area contributed by atoms with Crippen LogP contribution in [-0.4, -0.2) is 17.5 Å². The molecule has 0 saturated heterocycles. The van der Waals surface area contributed by atoms with Gasteiger partial charge in [0, 0.05) is 11.3 Å². The molecule has 0 saturated carbocycles. The molecule has 0 aliphatic heterocycles. The molecule has 94 valence electrons. The lowest BCUT2D eigenvalue weighted by molar-refractivity contribution is 0.108. The molecule has 1 aromatic rings. The molecule has 0 aliphatic rings. The maximum Gasteiger partial charge on any atom is 0.219 e. The van der Waals surface area contributed by atoms with Crippen LogP contribution in [-0.2, 0) is 0 Å². The molecular weight excluding hydrogens is 235 g/mol. The average Bonchev–Trinajstić information content (AvgIpc) is 2.38. The molecule has 1 aromatic carbocycles. The van der Waals surface area contributed by atoms with Crippen molar-refractivity contribution in [2.45, 2.75) is 32.1 Å². The number of benzene rings is 1. The van der Waals surface area contributed by atoms with Gasteiger partial charge in [-0.25, -0.2) is 0 Å². The van der Waals surface area contributed by atoms with Gasteiger partial charge in [0.25, 0.3) is 0 Å². The van der Waals surface area contributed by atoms with E-state index in [4.69, 9.17) is 0 Å². The van der Waals surface area contributed by atoms with Crippen LogP contribution in [0.25, 0.3) is 0 Å². The van der Waals surface area contributed by atoms with Gasteiger partial charge in [-0.15, -0.1) is 0 Å². The van der Waals surface area contributed by atoms with Gasteiger partial charge in [0.2, 0.25) is 5.12 Å². The van der Waals surface area contributed by atoms with E-state index in [0.29, 0.717) is 6.42 Å². The van der Waals surface area contributed by atoms with Gasteiger partial charge >= 0.3 is 0 Å². The van der Waals surface area contributed by atoms with E-state index < -0.39 is 0 Å². The first kappa shape index (κ1) is 14.2. The zero-order valence-electron chi connectivity index (χ0n) is 10.0. The third-order valence-electron chi connectivity index (χ3n) is 2.52. The molecule has 0 unspecified atom stereocenters. The Kier molecular flexibility index (Phi) is 7.72. The average molecular weight is 254 g/mol. The van der Waals surface area contributed by atoms with Crippen LogP contribution in [0.1, 0.15) is 42.5 Å². The Hall–Kier alpha value is -0.830. The van der Waals surface area contributed by atoms with Gasteiger partial charge in [-0.05, 0) is 12.8 Å². The van der Waals surface area contributed by atoms with E-state index in [-0.39, 0.29) is 11.8 Å². The highest BCUT2D eigenvalue weighted by Gasteiger charge is 2.04. The standard InChI is InChI=1S/C14H19FOS/c15-11-7-2-1-3-8-12-17-14(16)13-9-5-4-6-10-13/h4-6,9-10H,1-3,7-8,11-12H2. The number of thioether (sulfide) groups is 1. The normalized spacial score (nSPS) is 10.4. The fraction of sp³-hybridized carbons (Fsp3) is 0.500. The SMILES string of the molecule is O=C(SCCCCCCCF)c1ccccc1. The van der Waals surface area contributed by atoms with Crippen LogP contribution in [0.15, 0.2) is 30.3 Å². The predicted octanol–water partition coefficient (Wildman–Crippen LogP) is 4.48. The van der Waals surface area contributed by atoms with Gasteiger partial charge in [-0.3, -0.25) is 9.18 Å². The topological polar surface area (TPSA) is 17.1 Å². The number of carbonyl (C=O) groups excluding carboxylic acids is 1. The second-order valence-corrected chi connectivity index (χ2v) is 5.03. The number of unbranched alkanes of at least 4 members (excludes halogenated alkanes) is 4. The first-order valence-electron chi connectivity index (χ1n) is 6.12. The third-order valence-corrected chi connectivity index (χ3v) is 3.51. The number of hydrogen-bond acceptors (Lipinski definition) is 2. The summed E-state index contributed by atoms with van der Waals surface area (Å²) in [6, 6.07) is 9.36. The summed E-state index contributed by atoms with van der Waals surface area (Å²) in [7, 11) is 0. The Labute approximate surface area is 107 Å². The van der Waals surface area contributed by atoms with Crippen molar-refractivity contribution in [1.29, 1.82) is 0 Å². The second-order valence-electron chi connectivity index (χ2n) is 3.96. The molecule has 0 aliphatic carbocycles. The number of hydrogen-bond donors (Lipinski definition) is 0. The van der Waals surface area contributed by atoms with Crippen molar-refractivity contribution in [3.63, 3.8) is 0 Å². The predicted molar refractivity (Wildman–Crippen MR) is 72.3 cm³/mol. The summed E-state index contributed by atoms with van der Waals surface area (Å²) in [6.45, 7) is -0.207. The van der Waals surface area contributed by atoms with E-state index >= 15 is 0 Å². The maximum atomic E-state index is 11.8. The zero-order chi connectivity index (χ0) is 12.3. The van der Waals surface area contributed by atoms with Crippen molar-refractivity contribution >= 4 is 16.9 Å². The first-order chi connectivity index (χ1) is 8.34. The van der Waals surface area contributed by atoms with Crippen molar-refractivity contribution in [3.8, 4) is 0 Å². The molecular formula is C14H19FOS. The molecule has 3 heteroatoms. The molecule has 0 N–H and O–H groups in total. The molecule has 0 fully saturated rings. The van der Waals surface area contributed by atoms with Crippen molar-refractivity contribution in [1.82, 2.24) is 0 Å². The summed E-state index contributed by atoms with van der Waals surface area (Å²) < 4.78 is 11.8. The third kappa shape index (κ3) is 6.47. The lowest BCUT2D eigenvalue weighted by atomic mass is 10.2. The largest absolute Gasteiger partial charge is 0.282 e. The van der Waals surface area contributed by atoms with E-state index in [9.17, 15) is 9.18 Å². The smallest absolute Gasteiger partial charge is 0.219 e. The fourth-order valence-electron chi connectivity index (χ4n) is 1.55. The van der Waals surface area contributed by atoms with Crippen LogP contribution in [0.4, 0.5) is 4.39 Å². The van der Waals surface area contributed by atoms with E-state index in [1.165, 1.54) is 11.8 Å². The Bertz CT molecular complexity index is 313. The molecule has 0 spiro atoms. The van der Waals surface area contributed by atoms with Gasteiger partial charge in [0.15, 0.2) is 0 Å². The summed E-state index contributed by atoms with van der Waals surface area (Å²) >= 11 is 1.38. The first-order valence-corrected chi connectivity index (χ1v) is 7.11. The molecule has 0 amide bonds. The summed E-state index contributed by atoms with van der Waals surface area (Å²) in [5, 5.41) is 0.148. The van der Waals surface area contributed by atoms with Crippen LogP contribution in [0.2, 0.25) is 0 Å². The van der Waals surface area contributed by atoms with Crippen molar-refractivity contribution in [3.05, 3.63) is 35.9 Å². The van der Waals surface area contributed by atoms with E-state index in [1.54, 1.807) is 0 Å². The lowest BCUT2D eigenvalue weighted by Crippen LogP contribution is -1.94. The minimum atomic E-state index is -0.207. The molecule has 17 heavy (non-hydrogen) atoms. The van der Waals surface area contributed by atoms with E-state index in [0.717, 1.165) is 37.0 Å². The van der Waals surface area contributed by atoms with Gasteiger partial charge < -0.3 is 0 Å². The summed E-state index contributed by atoms with van der Waals surface area (Å²) in [4.78, 5) is 11.7. The van der Waals surface area contributed by atoms with Crippen LogP contribution in [0, 0.1) is 0 Å². The maximum absolute atomic E-state index is 11.8. The summed E-state index contributed by atoms with van der Waals surface area (Å²) in [5.41, 5.74) is 0.773. The minimum Gasteiger partial charge on any atom is -0.282 e. The number of carbonyl (C=O) groups is 1. The van der Waals surface area contributed by atoms with E-state index in [2.05, 4.69) is 0 Å². The minimum absolute atomic E-state index is 0.148. The quantitative estimate of drug-likeness (QED) is 0.636. The Morgan fingerprint density at radius 2 is 1.65 bits per heavy atom. The van der Waals surface area contributed by atoms with Crippen LogP contribution >= 0.6 is 11.8 Å². The molecule has 0 bridgehead atoms. The highest BCUT2D eigenvalue weighted by Crippen LogP contribution is 2.15. The van der Waals surface area contributed by atoms with Crippen LogP contribution < -0.4 is 0 Å². The number of rotatable bonds is 8. The molecule has 1 nitrogen and oxygen atoms in total. The van der Waals surface area contributed by atoms with Crippen molar-refractivity contribution in [2.24, 2.45) is 0 Å². The van der Waals surface area contributed by atoms with Crippen LogP contribution in [0.5, 0.6) is 0 Å². The van der Waals surface area contributed by atoms with Gasteiger partial charge in [0.1, 0.15) is 0 Å². The second kappa shape index (κ2) is 9.23. The lowest BCUT2D eigenvalue weighted by Gasteiger charge is -2.01. The highest BCUT2D eigenvalue weighted by molar-refractivity contribution is 8.14. The van der Waals surface area contributed by atoms with E-state index in [1.807, 2.05) is 30.3 Å². The van der Waals surface area contributed by atoms with Crippen molar-refractivity contribution < 1.29 is 9.18 Å². The Balaban J connectivity index is 2.05. The molecule has 0 heterocycles. The molecule has 0 radical (unpaired) electrons. The zero-order valence-corrected chi connectivity index (χ0v) is 10.8.